The van der Waals surface area contributed by atoms with E-state index in [9.17, 15) is 0 Å². The lowest BCUT2D eigenvalue weighted by atomic mass is 9.90. The average molecular weight is 327 g/mol. The Labute approximate surface area is 129 Å². The van der Waals surface area contributed by atoms with Gasteiger partial charge >= 0.3 is 0 Å². The van der Waals surface area contributed by atoms with Crippen molar-refractivity contribution in [1.29, 1.82) is 0 Å². The van der Waals surface area contributed by atoms with Crippen LogP contribution in [-0.2, 0) is 6.42 Å². The topological polar surface area (TPSA) is 0 Å². The highest BCUT2D eigenvalue weighted by Crippen LogP contribution is 2.40. The minimum Gasteiger partial charge on any atom is -0.0795 e. The summed E-state index contributed by atoms with van der Waals surface area (Å²) in [5, 5.41) is 0. The molecule has 0 N–H and O–H groups in total. The summed E-state index contributed by atoms with van der Waals surface area (Å²) in [4.78, 5) is 0. The third-order valence-electron chi connectivity index (χ3n) is 4.20. The molecule has 0 bridgehead atoms. The monoisotopic (exact) mass is 326 g/mol. The molecule has 1 aliphatic carbocycles. The van der Waals surface area contributed by atoms with E-state index in [4.69, 9.17) is 0 Å². The van der Waals surface area contributed by atoms with Crippen LogP contribution in [0.2, 0.25) is 0 Å². The Bertz CT molecular complexity index is 713. The van der Waals surface area contributed by atoms with Crippen molar-refractivity contribution in [1.82, 2.24) is 0 Å². The highest BCUT2D eigenvalue weighted by Gasteiger charge is 2.17. The number of rotatable bonds is 1. The Hall–Kier alpha value is -1.34. The van der Waals surface area contributed by atoms with Crippen molar-refractivity contribution in [2.24, 2.45) is 0 Å². The molecule has 0 heterocycles. The smallest absolute Gasteiger partial charge is 0.0289 e. The quantitative estimate of drug-likeness (QED) is 0.610. The predicted octanol–water partition coefficient (Wildman–Crippen LogP) is 5.92. The fourth-order valence-corrected chi connectivity index (χ4v) is 3.89. The molecule has 0 fully saturated rings. The molecule has 0 spiro atoms. The summed E-state index contributed by atoms with van der Waals surface area (Å²) in [5.74, 6) is 0. The third-order valence-corrected chi connectivity index (χ3v) is 5.22. The standard InChI is InChI=1S/C19H19Br/c1-11-8-12(2)18(13(3)9-11)17-10-15-6-5-7-16(15)14(4)19(17)20/h5,7-10H,6H2,1-4H3. The van der Waals surface area contributed by atoms with Gasteiger partial charge in [-0.05, 0) is 95.1 Å². The summed E-state index contributed by atoms with van der Waals surface area (Å²) in [7, 11) is 0. The fourth-order valence-electron chi connectivity index (χ4n) is 3.37. The van der Waals surface area contributed by atoms with Crippen molar-refractivity contribution < 1.29 is 0 Å². The molecule has 0 saturated carbocycles. The Balaban J connectivity index is 2.30. The van der Waals surface area contributed by atoms with Gasteiger partial charge < -0.3 is 0 Å². The van der Waals surface area contributed by atoms with Gasteiger partial charge in [0.1, 0.15) is 0 Å². The lowest BCUT2D eigenvalue weighted by Crippen LogP contribution is -1.96. The van der Waals surface area contributed by atoms with Crippen LogP contribution in [0.3, 0.4) is 0 Å². The maximum atomic E-state index is 3.82. The second-order valence-electron chi connectivity index (χ2n) is 5.82. The van der Waals surface area contributed by atoms with Crippen LogP contribution in [0.5, 0.6) is 0 Å². The van der Waals surface area contributed by atoms with E-state index < -0.39 is 0 Å². The van der Waals surface area contributed by atoms with E-state index in [-0.39, 0.29) is 0 Å². The van der Waals surface area contributed by atoms with Gasteiger partial charge in [-0.3, -0.25) is 0 Å². The van der Waals surface area contributed by atoms with Crippen molar-refractivity contribution in [2.75, 3.05) is 0 Å². The molecule has 102 valence electrons. The van der Waals surface area contributed by atoms with E-state index in [1.54, 1.807) is 0 Å². The van der Waals surface area contributed by atoms with Crippen molar-refractivity contribution >= 4 is 22.0 Å². The zero-order valence-corrected chi connectivity index (χ0v) is 14.1. The van der Waals surface area contributed by atoms with Crippen LogP contribution in [0.15, 0.2) is 28.7 Å². The second-order valence-corrected chi connectivity index (χ2v) is 6.61. The number of allylic oxidation sites excluding steroid dienone is 1. The van der Waals surface area contributed by atoms with Crippen LogP contribution < -0.4 is 0 Å². The first kappa shape index (κ1) is 13.6. The normalized spacial score (nSPS) is 12.8. The summed E-state index contributed by atoms with van der Waals surface area (Å²) in [6.45, 7) is 8.79. The molecule has 0 atom stereocenters. The lowest BCUT2D eigenvalue weighted by Gasteiger charge is -2.17. The summed E-state index contributed by atoms with van der Waals surface area (Å²) in [5.41, 5.74) is 10.9. The molecule has 20 heavy (non-hydrogen) atoms. The van der Waals surface area contributed by atoms with E-state index in [1.165, 1.54) is 49.0 Å². The van der Waals surface area contributed by atoms with Crippen molar-refractivity contribution in [3.8, 4) is 11.1 Å². The molecular formula is C19H19Br. The number of hydrogen-bond acceptors (Lipinski definition) is 0. The van der Waals surface area contributed by atoms with Crippen LogP contribution in [0.1, 0.15) is 33.4 Å². The predicted molar refractivity (Wildman–Crippen MR) is 91.3 cm³/mol. The van der Waals surface area contributed by atoms with Crippen molar-refractivity contribution in [2.45, 2.75) is 34.1 Å². The van der Waals surface area contributed by atoms with E-state index in [2.05, 4.69) is 74.0 Å². The minimum atomic E-state index is 1.06. The molecule has 0 aliphatic heterocycles. The lowest BCUT2D eigenvalue weighted by molar-refractivity contribution is 1.25. The molecular weight excluding hydrogens is 308 g/mol. The van der Waals surface area contributed by atoms with Gasteiger partial charge in [0.25, 0.3) is 0 Å². The first-order chi connectivity index (χ1) is 9.49. The van der Waals surface area contributed by atoms with E-state index in [0.717, 1.165) is 6.42 Å². The van der Waals surface area contributed by atoms with Crippen LogP contribution >= 0.6 is 15.9 Å². The fraction of sp³-hybridized carbons (Fsp3) is 0.263. The van der Waals surface area contributed by atoms with Gasteiger partial charge in [0.2, 0.25) is 0 Å². The zero-order valence-electron chi connectivity index (χ0n) is 12.5. The maximum Gasteiger partial charge on any atom is 0.0289 e. The summed E-state index contributed by atoms with van der Waals surface area (Å²) < 4.78 is 1.23. The molecule has 0 nitrogen and oxygen atoms in total. The Morgan fingerprint density at radius 2 is 1.60 bits per heavy atom. The Kier molecular flexibility index (Phi) is 3.33. The van der Waals surface area contributed by atoms with Crippen LogP contribution in [-0.4, -0.2) is 0 Å². The van der Waals surface area contributed by atoms with Crippen LogP contribution in [0, 0.1) is 27.7 Å². The molecule has 0 saturated heterocycles. The zero-order chi connectivity index (χ0) is 14.4. The van der Waals surface area contributed by atoms with Crippen LogP contribution in [0.4, 0.5) is 0 Å². The van der Waals surface area contributed by atoms with E-state index in [1.807, 2.05) is 0 Å². The molecule has 1 aliphatic rings. The molecule has 0 amide bonds. The first-order valence-electron chi connectivity index (χ1n) is 7.05. The Morgan fingerprint density at radius 3 is 2.25 bits per heavy atom. The van der Waals surface area contributed by atoms with E-state index in [0.29, 0.717) is 0 Å². The van der Waals surface area contributed by atoms with Gasteiger partial charge in [-0.2, -0.15) is 0 Å². The summed E-state index contributed by atoms with van der Waals surface area (Å²) >= 11 is 3.82. The molecule has 2 aromatic carbocycles. The van der Waals surface area contributed by atoms with Gasteiger partial charge in [-0.1, -0.05) is 29.8 Å². The van der Waals surface area contributed by atoms with Gasteiger partial charge in [0.15, 0.2) is 0 Å². The molecule has 2 aromatic rings. The number of aryl methyl sites for hydroxylation is 3. The van der Waals surface area contributed by atoms with Gasteiger partial charge in [-0.15, -0.1) is 0 Å². The summed E-state index contributed by atoms with van der Waals surface area (Å²) in [6, 6.07) is 6.91. The molecule has 0 aromatic heterocycles. The third kappa shape index (κ3) is 2.05. The molecule has 1 heteroatoms. The van der Waals surface area contributed by atoms with Gasteiger partial charge in [-0.25, -0.2) is 0 Å². The minimum absolute atomic E-state index is 1.06. The van der Waals surface area contributed by atoms with Gasteiger partial charge in [0.05, 0.1) is 0 Å². The molecule has 0 radical (unpaired) electrons. The largest absolute Gasteiger partial charge is 0.0795 e. The van der Waals surface area contributed by atoms with Gasteiger partial charge in [0, 0.05) is 4.47 Å². The van der Waals surface area contributed by atoms with E-state index >= 15 is 0 Å². The van der Waals surface area contributed by atoms with Crippen molar-refractivity contribution in [3.05, 3.63) is 62.1 Å². The van der Waals surface area contributed by atoms with Crippen molar-refractivity contribution in [3.63, 3.8) is 0 Å². The van der Waals surface area contributed by atoms with Crippen LogP contribution in [0.25, 0.3) is 17.2 Å². The molecule has 0 unspecified atom stereocenters. The summed E-state index contributed by atoms with van der Waals surface area (Å²) in [6.07, 6.45) is 5.55. The number of halogens is 1. The SMILES string of the molecule is Cc1cc(C)c(-c2cc3c(c(C)c2Br)C=CC3)c(C)c1. The highest BCUT2D eigenvalue weighted by molar-refractivity contribution is 9.10. The maximum absolute atomic E-state index is 3.82. The number of fused-ring (bicyclic) bond motifs is 1. The second kappa shape index (κ2) is 4.89. The first-order valence-corrected chi connectivity index (χ1v) is 7.85. The Morgan fingerprint density at radius 1 is 0.950 bits per heavy atom. The number of hydrogen-bond donors (Lipinski definition) is 0. The molecule has 3 rings (SSSR count). The average Bonchev–Trinajstić information content (AvgIpc) is 2.82. The highest BCUT2D eigenvalue weighted by atomic mass is 79.9. The number of benzene rings is 2.